The molecule has 2 aromatic rings. The van der Waals surface area contributed by atoms with Crippen molar-refractivity contribution >= 4 is 5.69 Å². The van der Waals surface area contributed by atoms with Gasteiger partial charge in [-0.25, -0.2) is 0 Å². The summed E-state index contributed by atoms with van der Waals surface area (Å²) < 4.78 is 23.0. The zero-order chi connectivity index (χ0) is 18.1. The van der Waals surface area contributed by atoms with Crippen LogP contribution >= 0.6 is 0 Å². The van der Waals surface area contributed by atoms with E-state index in [1.807, 2.05) is 30.3 Å². The average molecular weight is 359 g/mol. The van der Waals surface area contributed by atoms with Crippen molar-refractivity contribution in [2.24, 2.45) is 0 Å². The third-order valence-corrected chi connectivity index (χ3v) is 4.54. The Morgan fingerprint density at radius 2 is 1.65 bits per heavy atom. The SMILES string of the molecule is Nc1ccc(O[C@H]2O[C@@H]3COC(c4ccccc4)O[C@H]3[C@H](O)[C@H]2O)cc1. The molecule has 0 radical (unpaired) electrons. The van der Waals surface area contributed by atoms with Gasteiger partial charge in [0, 0.05) is 11.3 Å². The van der Waals surface area contributed by atoms with E-state index >= 15 is 0 Å². The number of rotatable bonds is 3. The van der Waals surface area contributed by atoms with Crippen LogP contribution in [-0.4, -0.2) is 47.5 Å². The molecular weight excluding hydrogens is 338 g/mol. The van der Waals surface area contributed by atoms with Crippen molar-refractivity contribution in [3.8, 4) is 5.75 Å². The second-order valence-electron chi connectivity index (χ2n) is 6.39. The number of nitrogen functional groups attached to an aromatic ring is 1. The molecule has 0 aliphatic carbocycles. The highest BCUT2D eigenvalue weighted by atomic mass is 16.8. The number of anilines is 1. The van der Waals surface area contributed by atoms with Crippen molar-refractivity contribution in [1.82, 2.24) is 0 Å². The highest BCUT2D eigenvalue weighted by Gasteiger charge is 2.49. The third kappa shape index (κ3) is 3.40. The van der Waals surface area contributed by atoms with E-state index in [1.165, 1.54) is 0 Å². The molecule has 4 N–H and O–H groups in total. The Morgan fingerprint density at radius 1 is 0.923 bits per heavy atom. The second-order valence-corrected chi connectivity index (χ2v) is 6.39. The van der Waals surface area contributed by atoms with Crippen molar-refractivity contribution in [1.29, 1.82) is 0 Å². The van der Waals surface area contributed by atoms with Gasteiger partial charge in [0.2, 0.25) is 6.29 Å². The number of benzene rings is 2. The first kappa shape index (κ1) is 17.3. The molecule has 6 atom stereocenters. The van der Waals surface area contributed by atoms with Gasteiger partial charge in [-0.3, -0.25) is 0 Å². The van der Waals surface area contributed by atoms with Crippen molar-refractivity contribution in [2.45, 2.75) is 37.0 Å². The molecule has 7 nitrogen and oxygen atoms in total. The highest BCUT2D eigenvalue weighted by molar-refractivity contribution is 5.41. The van der Waals surface area contributed by atoms with Crippen LogP contribution < -0.4 is 10.5 Å². The lowest BCUT2D eigenvalue weighted by Crippen LogP contribution is -2.62. The van der Waals surface area contributed by atoms with Crippen molar-refractivity contribution in [3.63, 3.8) is 0 Å². The summed E-state index contributed by atoms with van der Waals surface area (Å²) in [5.41, 5.74) is 7.09. The molecule has 0 amide bonds. The van der Waals surface area contributed by atoms with E-state index in [4.69, 9.17) is 24.7 Å². The highest BCUT2D eigenvalue weighted by Crippen LogP contribution is 2.34. The summed E-state index contributed by atoms with van der Waals surface area (Å²) in [4.78, 5) is 0. The average Bonchev–Trinajstić information content (AvgIpc) is 2.68. The Bertz CT molecular complexity index is 723. The van der Waals surface area contributed by atoms with Crippen LogP contribution in [0, 0.1) is 0 Å². The third-order valence-electron chi connectivity index (χ3n) is 4.54. The molecule has 2 aliphatic heterocycles. The van der Waals surface area contributed by atoms with Crippen LogP contribution in [-0.2, 0) is 14.2 Å². The quantitative estimate of drug-likeness (QED) is 0.708. The molecule has 26 heavy (non-hydrogen) atoms. The predicted octanol–water partition coefficient (Wildman–Crippen LogP) is 1.21. The van der Waals surface area contributed by atoms with E-state index in [2.05, 4.69) is 0 Å². The molecule has 0 bridgehead atoms. The summed E-state index contributed by atoms with van der Waals surface area (Å²) in [5, 5.41) is 20.9. The number of ether oxygens (including phenoxy) is 4. The van der Waals surface area contributed by atoms with Gasteiger partial charge in [-0.05, 0) is 24.3 Å². The maximum absolute atomic E-state index is 10.5. The summed E-state index contributed by atoms with van der Waals surface area (Å²) in [6.45, 7) is 0.218. The molecule has 0 spiro atoms. The molecular formula is C19H21NO6. The van der Waals surface area contributed by atoms with Gasteiger partial charge in [-0.2, -0.15) is 0 Å². The molecule has 2 saturated heterocycles. The van der Waals surface area contributed by atoms with Gasteiger partial charge in [-0.1, -0.05) is 30.3 Å². The fourth-order valence-electron chi connectivity index (χ4n) is 3.13. The van der Waals surface area contributed by atoms with Gasteiger partial charge < -0.3 is 34.9 Å². The molecule has 4 rings (SSSR count). The minimum absolute atomic E-state index is 0.218. The molecule has 0 saturated carbocycles. The minimum Gasteiger partial charge on any atom is -0.462 e. The van der Waals surface area contributed by atoms with Gasteiger partial charge in [0.25, 0.3) is 0 Å². The topological polar surface area (TPSA) is 103 Å². The lowest BCUT2D eigenvalue weighted by Gasteiger charge is -2.46. The predicted molar refractivity (Wildman–Crippen MR) is 92.2 cm³/mol. The van der Waals surface area contributed by atoms with E-state index in [1.54, 1.807) is 24.3 Å². The molecule has 2 fully saturated rings. The monoisotopic (exact) mass is 359 g/mol. The summed E-state index contributed by atoms with van der Waals surface area (Å²) in [6.07, 6.45) is -5.33. The van der Waals surface area contributed by atoms with E-state index in [0.29, 0.717) is 11.4 Å². The van der Waals surface area contributed by atoms with Gasteiger partial charge in [0.15, 0.2) is 6.29 Å². The minimum atomic E-state index is -1.26. The van der Waals surface area contributed by atoms with E-state index in [9.17, 15) is 10.2 Å². The van der Waals surface area contributed by atoms with E-state index < -0.39 is 37.0 Å². The Morgan fingerprint density at radius 3 is 2.38 bits per heavy atom. The number of aliphatic hydroxyl groups excluding tert-OH is 2. The van der Waals surface area contributed by atoms with Crippen LogP contribution in [0.3, 0.4) is 0 Å². The first-order valence-electron chi connectivity index (χ1n) is 8.47. The molecule has 2 aliphatic rings. The maximum Gasteiger partial charge on any atom is 0.229 e. The number of hydrogen-bond acceptors (Lipinski definition) is 7. The van der Waals surface area contributed by atoms with Crippen LogP contribution in [0.2, 0.25) is 0 Å². The molecule has 7 heteroatoms. The van der Waals surface area contributed by atoms with Crippen LogP contribution in [0.4, 0.5) is 5.69 Å². The van der Waals surface area contributed by atoms with Crippen LogP contribution in [0.25, 0.3) is 0 Å². The normalized spacial score (nSPS) is 34.1. The van der Waals surface area contributed by atoms with Crippen LogP contribution in [0.15, 0.2) is 54.6 Å². The van der Waals surface area contributed by atoms with Crippen molar-refractivity contribution in [3.05, 3.63) is 60.2 Å². The molecule has 2 aromatic carbocycles. The molecule has 2 heterocycles. The fraction of sp³-hybridized carbons (Fsp3) is 0.368. The molecule has 138 valence electrons. The Kier molecular flexibility index (Phi) is 4.80. The summed E-state index contributed by atoms with van der Waals surface area (Å²) in [7, 11) is 0. The van der Waals surface area contributed by atoms with Gasteiger partial charge >= 0.3 is 0 Å². The Balaban J connectivity index is 1.45. The zero-order valence-electron chi connectivity index (χ0n) is 14.0. The van der Waals surface area contributed by atoms with Crippen molar-refractivity contribution in [2.75, 3.05) is 12.3 Å². The molecule has 1 unspecified atom stereocenters. The second kappa shape index (κ2) is 7.22. The van der Waals surface area contributed by atoms with Crippen LogP contribution in [0.1, 0.15) is 11.9 Å². The summed E-state index contributed by atoms with van der Waals surface area (Å²) >= 11 is 0. The standard InChI is InChI=1S/C19H21NO6/c20-12-6-8-13(9-7-12)24-19-16(22)15(21)17-14(25-19)10-23-18(26-17)11-4-2-1-3-5-11/h1-9,14-19,21-22H,10,20H2/t14-,15-,16-,17-,18?,19+/m1/s1. The number of fused-ring (bicyclic) bond motifs is 1. The Hall–Kier alpha value is -2.16. The lowest BCUT2D eigenvalue weighted by molar-refractivity contribution is -0.350. The van der Waals surface area contributed by atoms with Gasteiger partial charge in [0.1, 0.15) is 30.2 Å². The number of hydrogen-bond donors (Lipinski definition) is 3. The maximum atomic E-state index is 10.5. The fourth-order valence-corrected chi connectivity index (χ4v) is 3.13. The number of nitrogens with two attached hydrogens (primary N) is 1. The summed E-state index contributed by atoms with van der Waals surface area (Å²) in [6, 6.07) is 16.1. The first-order chi connectivity index (χ1) is 12.6. The van der Waals surface area contributed by atoms with Crippen LogP contribution in [0.5, 0.6) is 5.75 Å². The largest absolute Gasteiger partial charge is 0.462 e. The van der Waals surface area contributed by atoms with Crippen molar-refractivity contribution < 1.29 is 29.2 Å². The first-order valence-corrected chi connectivity index (χ1v) is 8.47. The Labute approximate surface area is 150 Å². The molecule has 0 aromatic heterocycles. The van der Waals surface area contributed by atoms with Gasteiger partial charge in [-0.15, -0.1) is 0 Å². The van der Waals surface area contributed by atoms with E-state index in [0.717, 1.165) is 5.56 Å². The zero-order valence-corrected chi connectivity index (χ0v) is 14.0. The van der Waals surface area contributed by atoms with Gasteiger partial charge in [0.05, 0.1) is 6.61 Å². The lowest BCUT2D eigenvalue weighted by atomic mass is 9.98. The smallest absolute Gasteiger partial charge is 0.229 e. The van der Waals surface area contributed by atoms with E-state index in [-0.39, 0.29) is 6.61 Å². The number of aliphatic hydroxyl groups is 2. The summed E-state index contributed by atoms with van der Waals surface area (Å²) in [5.74, 6) is 0.480.